The molecule has 1 aromatic heterocycles. The molecular weight excluding hydrogens is 304 g/mol. The molecule has 2 atom stereocenters. The number of anilines is 1. The zero-order chi connectivity index (χ0) is 17.1. The summed E-state index contributed by atoms with van der Waals surface area (Å²) in [5, 5.41) is 2.90. The van der Waals surface area contributed by atoms with Crippen LogP contribution < -0.4 is 5.32 Å². The number of carbonyl (C=O) groups excluding carboxylic acids is 1. The number of nitrogens with one attached hydrogen (secondary N) is 1. The van der Waals surface area contributed by atoms with Gasteiger partial charge in [-0.15, -0.1) is 0 Å². The fraction of sp³-hybridized carbons (Fsp3) is 0.389. The summed E-state index contributed by atoms with van der Waals surface area (Å²) < 4.78 is 5.79. The zero-order valence-electron chi connectivity index (χ0n) is 14.2. The van der Waals surface area contributed by atoms with Gasteiger partial charge in [0.1, 0.15) is 5.69 Å². The molecule has 2 heterocycles. The van der Waals surface area contributed by atoms with Gasteiger partial charge in [-0.1, -0.05) is 30.3 Å². The summed E-state index contributed by atoms with van der Waals surface area (Å²) in [6.45, 7) is 4.86. The second-order valence-electron chi connectivity index (χ2n) is 6.00. The second-order valence-corrected chi connectivity index (χ2v) is 6.00. The topological polar surface area (TPSA) is 67.4 Å². The Labute approximate surface area is 141 Å². The number of aryl methyl sites for hydroxylation is 1. The average Bonchev–Trinajstić information content (AvgIpc) is 2.61. The van der Waals surface area contributed by atoms with Crippen molar-refractivity contribution < 1.29 is 9.53 Å². The Kier molecular flexibility index (Phi) is 4.76. The SMILES string of the molecule is CNc1nc(C)cc(C(=O)N2C[C@@H](C)OC[C@@H]2c2ccccc2)n1. The summed E-state index contributed by atoms with van der Waals surface area (Å²) in [7, 11) is 1.74. The van der Waals surface area contributed by atoms with E-state index in [1.165, 1.54) is 0 Å². The molecule has 2 aromatic rings. The van der Waals surface area contributed by atoms with Gasteiger partial charge in [0.05, 0.1) is 18.8 Å². The number of nitrogens with zero attached hydrogens (tertiary/aromatic N) is 3. The van der Waals surface area contributed by atoms with Gasteiger partial charge < -0.3 is 15.0 Å². The Balaban J connectivity index is 1.94. The lowest BCUT2D eigenvalue weighted by Crippen LogP contribution is -2.47. The van der Waals surface area contributed by atoms with Gasteiger partial charge in [-0.2, -0.15) is 0 Å². The molecule has 6 nitrogen and oxygen atoms in total. The molecule has 0 bridgehead atoms. The smallest absolute Gasteiger partial charge is 0.273 e. The highest BCUT2D eigenvalue weighted by atomic mass is 16.5. The van der Waals surface area contributed by atoms with E-state index in [1.807, 2.05) is 49.1 Å². The van der Waals surface area contributed by atoms with Crippen LogP contribution in [0, 0.1) is 6.92 Å². The van der Waals surface area contributed by atoms with Crippen molar-refractivity contribution in [3.05, 3.63) is 53.3 Å². The average molecular weight is 326 g/mol. The molecule has 3 rings (SSSR count). The van der Waals surface area contributed by atoms with Gasteiger partial charge in [0.2, 0.25) is 5.95 Å². The first-order valence-electron chi connectivity index (χ1n) is 8.09. The van der Waals surface area contributed by atoms with Crippen molar-refractivity contribution in [2.24, 2.45) is 0 Å². The number of amides is 1. The van der Waals surface area contributed by atoms with E-state index in [0.29, 0.717) is 24.8 Å². The molecule has 0 unspecified atom stereocenters. The molecule has 6 heteroatoms. The predicted molar refractivity (Wildman–Crippen MR) is 91.9 cm³/mol. The van der Waals surface area contributed by atoms with E-state index >= 15 is 0 Å². The summed E-state index contributed by atoms with van der Waals surface area (Å²) in [5.41, 5.74) is 2.23. The second kappa shape index (κ2) is 6.97. The third-order valence-corrected chi connectivity index (χ3v) is 4.11. The predicted octanol–water partition coefficient (Wildman–Crippen LogP) is 2.43. The van der Waals surface area contributed by atoms with Gasteiger partial charge >= 0.3 is 0 Å². The molecule has 1 aliphatic rings. The molecule has 24 heavy (non-hydrogen) atoms. The van der Waals surface area contributed by atoms with Gasteiger partial charge in [0.25, 0.3) is 5.91 Å². The van der Waals surface area contributed by atoms with Crippen LogP contribution in [0.1, 0.15) is 34.7 Å². The van der Waals surface area contributed by atoms with Crippen LogP contribution >= 0.6 is 0 Å². The number of carbonyl (C=O) groups is 1. The molecule has 0 spiro atoms. The molecule has 0 radical (unpaired) electrons. The standard InChI is InChI=1S/C18H22N4O2/c1-12-9-15(21-18(19-3)20-12)17(23)22-10-13(2)24-11-16(22)14-7-5-4-6-8-14/h4-9,13,16H,10-11H2,1-3H3,(H,19,20,21)/t13-,16-/m1/s1. The van der Waals surface area contributed by atoms with Crippen molar-refractivity contribution in [1.82, 2.24) is 14.9 Å². The number of morpholine rings is 1. The number of aromatic nitrogens is 2. The Morgan fingerprint density at radius 2 is 2.04 bits per heavy atom. The van der Waals surface area contributed by atoms with Crippen LogP contribution in [0.2, 0.25) is 0 Å². The molecule has 1 aliphatic heterocycles. The third-order valence-electron chi connectivity index (χ3n) is 4.11. The van der Waals surface area contributed by atoms with E-state index in [4.69, 9.17) is 4.74 Å². The summed E-state index contributed by atoms with van der Waals surface area (Å²) in [5.74, 6) is 0.358. The Morgan fingerprint density at radius 3 is 2.75 bits per heavy atom. The molecular formula is C18H22N4O2. The van der Waals surface area contributed by atoms with Gasteiger partial charge in [-0.05, 0) is 25.5 Å². The minimum atomic E-state index is -0.108. The highest BCUT2D eigenvalue weighted by Gasteiger charge is 2.33. The fourth-order valence-corrected chi connectivity index (χ4v) is 2.92. The summed E-state index contributed by atoms with van der Waals surface area (Å²) >= 11 is 0. The quantitative estimate of drug-likeness (QED) is 0.938. The van der Waals surface area contributed by atoms with Crippen LogP contribution in [0.25, 0.3) is 0 Å². The lowest BCUT2D eigenvalue weighted by atomic mass is 10.0. The molecule has 1 amide bonds. The highest BCUT2D eigenvalue weighted by molar-refractivity contribution is 5.93. The minimum Gasteiger partial charge on any atom is -0.374 e. The minimum absolute atomic E-state index is 0.000571. The normalized spacial score (nSPS) is 20.7. The maximum atomic E-state index is 13.1. The van der Waals surface area contributed by atoms with Crippen LogP contribution in [0.4, 0.5) is 5.95 Å². The number of hydrogen-bond acceptors (Lipinski definition) is 5. The number of ether oxygens (including phenoxy) is 1. The molecule has 0 aliphatic carbocycles. The van der Waals surface area contributed by atoms with Crippen molar-refractivity contribution in [2.45, 2.75) is 26.0 Å². The molecule has 1 saturated heterocycles. The molecule has 1 fully saturated rings. The van der Waals surface area contributed by atoms with Crippen LogP contribution in [-0.2, 0) is 4.74 Å². The van der Waals surface area contributed by atoms with Crippen LogP contribution in [0.5, 0.6) is 0 Å². The lowest BCUT2D eigenvalue weighted by molar-refractivity contribution is -0.0449. The van der Waals surface area contributed by atoms with E-state index in [0.717, 1.165) is 11.3 Å². The summed E-state index contributed by atoms with van der Waals surface area (Å²) in [6.07, 6.45) is 0.000571. The van der Waals surface area contributed by atoms with Crippen LogP contribution in [0.3, 0.4) is 0 Å². The Hall–Kier alpha value is -2.47. The zero-order valence-corrected chi connectivity index (χ0v) is 14.2. The molecule has 1 aromatic carbocycles. The van der Waals surface area contributed by atoms with Crippen molar-refractivity contribution in [1.29, 1.82) is 0 Å². The highest BCUT2D eigenvalue weighted by Crippen LogP contribution is 2.27. The van der Waals surface area contributed by atoms with Crippen molar-refractivity contribution >= 4 is 11.9 Å². The Morgan fingerprint density at radius 1 is 1.29 bits per heavy atom. The van der Waals surface area contributed by atoms with Gasteiger partial charge in [-0.3, -0.25) is 4.79 Å². The number of rotatable bonds is 3. The molecule has 0 saturated carbocycles. The maximum Gasteiger partial charge on any atom is 0.273 e. The van der Waals surface area contributed by atoms with Crippen molar-refractivity contribution in [3.8, 4) is 0 Å². The van der Waals surface area contributed by atoms with Crippen LogP contribution in [0.15, 0.2) is 36.4 Å². The largest absolute Gasteiger partial charge is 0.374 e. The number of benzene rings is 1. The van der Waals surface area contributed by atoms with E-state index in [9.17, 15) is 4.79 Å². The van der Waals surface area contributed by atoms with Crippen molar-refractivity contribution in [2.75, 3.05) is 25.5 Å². The maximum absolute atomic E-state index is 13.1. The Bertz CT molecular complexity index is 720. The first-order chi connectivity index (χ1) is 11.6. The van der Waals surface area contributed by atoms with E-state index < -0.39 is 0 Å². The third kappa shape index (κ3) is 3.38. The molecule has 1 N–H and O–H groups in total. The monoisotopic (exact) mass is 326 g/mol. The number of hydrogen-bond donors (Lipinski definition) is 1. The molecule has 126 valence electrons. The van der Waals surface area contributed by atoms with E-state index in [1.54, 1.807) is 13.1 Å². The van der Waals surface area contributed by atoms with Gasteiger partial charge in [0.15, 0.2) is 0 Å². The van der Waals surface area contributed by atoms with Crippen molar-refractivity contribution in [3.63, 3.8) is 0 Å². The lowest BCUT2D eigenvalue weighted by Gasteiger charge is -2.38. The fourth-order valence-electron chi connectivity index (χ4n) is 2.92. The van der Waals surface area contributed by atoms with Gasteiger partial charge in [-0.25, -0.2) is 9.97 Å². The first kappa shape index (κ1) is 16.4. The summed E-state index contributed by atoms with van der Waals surface area (Å²) in [4.78, 5) is 23.5. The van der Waals surface area contributed by atoms with Gasteiger partial charge in [0, 0.05) is 19.3 Å². The van der Waals surface area contributed by atoms with E-state index in [2.05, 4.69) is 15.3 Å². The van der Waals surface area contributed by atoms with E-state index in [-0.39, 0.29) is 18.1 Å². The first-order valence-corrected chi connectivity index (χ1v) is 8.09. The van der Waals surface area contributed by atoms with Crippen LogP contribution in [-0.4, -0.2) is 47.1 Å². The summed E-state index contributed by atoms with van der Waals surface area (Å²) in [6, 6.07) is 11.6.